The quantitative estimate of drug-likeness (QED) is 0.563. The molecule has 1 aliphatic heterocycles. The van der Waals surface area contributed by atoms with Crippen molar-refractivity contribution in [3.05, 3.63) is 65.7 Å². The van der Waals surface area contributed by atoms with E-state index in [0.29, 0.717) is 31.0 Å². The fourth-order valence-electron chi connectivity index (χ4n) is 4.36. The Balaban J connectivity index is 1.47. The van der Waals surface area contributed by atoms with E-state index in [1.54, 1.807) is 19.1 Å². The second-order valence-corrected chi connectivity index (χ2v) is 8.83. The zero-order valence-electron chi connectivity index (χ0n) is 20.1. The molecule has 178 valence electrons. The number of benzene rings is 3. The number of methoxy groups -OCH3 is 2. The van der Waals surface area contributed by atoms with Crippen molar-refractivity contribution >= 4 is 28.4 Å². The maximum atomic E-state index is 13.2. The summed E-state index contributed by atoms with van der Waals surface area (Å²) in [5.41, 5.74) is 2.88. The Kier molecular flexibility index (Phi) is 6.91. The van der Waals surface area contributed by atoms with E-state index < -0.39 is 6.04 Å². The SMILES string of the molecule is COc1cc2c(cc1OC)CN(C(=O)N[C@@H](C(=O)Nc1cccc3ccccc13)C(C)C)CC2. The Hall–Kier alpha value is -3.74. The average Bonchev–Trinajstić information content (AvgIpc) is 2.85. The second-order valence-electron chi connectivity index (χ2n) is 8.83. The van der Waals surface area contributed by atoms with Gasteiger partial charge in [0, 0.05) is 24.2 Å². The molecule has 1 aliphatic rings. The van der Waals surface area contributed by atoms with Crippen LogP contribution in [0.4, 0.5) is 10.5 Å². The molecule has 3 aromatic carbocycles. The van der Waals surface area contributed by atoms with Crippen LogP contribution >= 0.6 is 0 Å². The zero-order chi connectivity index (χ0) is 24.2. The molecule has 0 bridgehead atoms. The lowest BCUT2D eigenvalue weighted by Gasteiger charge is -2.32. The van der Waals surface area contributed by atoms with E-state index in [2.05, 4.69) is 10.6 Å². The lowest BCUT2D eigenvalue weighted by Crippen LogP contribution is -2.52. The van der Waals surface area contributed by atoms with Gasteiger partial charge in [0.1, 0.15) is 6.04 Å². The van der Waals surface area contributed by atoms with Crippen LogP contribution in [0, 0.1) is 5.92 Å². The summed E-state index contributed by atoms with van der Waals surface area (Å²) in [6, 6.07) is 16.6. The number of nitrogens with zero attached hydrogens (tertiary/aromatic N) is 1. The first-order valence-electron chi connectivity index (χ1n) is 11.5. The highest BCUT2D eigenvalue weighted by Gasteiger charge is 2.29. The van der Waals surface area contributed by atoms with Crippen LogP contribution in [-0.2, 0) is 17.8 Å². The van der Waals surface area contributed by atoms with Crippen LogP contribution in [0.2, 0.25) is 0 Å². The van der Waals surface area contributed by atoms with Crippen LogP contribution < -0.4 is 20.1 Å². The molecule has 1 heterocycles. The summed E-state index contributed by atoms with van der Waals surface area (Å²) in [6.45, 7) is 4.86. The molecule has 2 N–H and O–H groups in total. The standard InChI is InChI=1S/C27H31N3O4/c1-17(2)25(26(31)28-22-11-7-9-18-8-5-6-10-21(18)22)29-27(32)30-13-12-19-14-23(33-3)24(34-4)15-20(19)16-30/h5-11,14-15,17,25H,12-13,16H2,1-4H3,(H,28,31)(H,29,32)/t25-/m1/s1. The maximum absolute atomic E-state index is 13.2. The van der Waals surface area contributed by atoms with E-state index in [1.165, 1.54) is 0 Å². The van der Waals surface area contributed by atoms with Gasteiger partial charge in [0.05, 0.1) is 14.2 Å². The Morgan fingerprint density at radius 1 is 0.941 bits per heavy atom. The molecule has 34 heavy (non-hydrogen) atoms. The molecular weight excluding hydrogens is 430 g/mol. The molecule has 7 nitrogen and oxygen atoms in total. The molecule has 4 rings (SSSR count). The molecule has 3 aromatic rings. The fourth-order valence-corrected chi connectivity index (χ4v) is 4.36. The van der Waals surface area contributed by atoms with Crippen molar-refractivity contribution < 1.29 is 19.1 Å². The number of nitrogens with one attached hydrogen (secondary N) is 2. The lowest BCUT2D eigenvalue weighted by atomic mass is 9.98. The molecule has 0 radical (unpaired) electrons. The van der Waals surface area contributed by atoms with Crippen molar-refractivity contribution in [1.29, 1.82) is 0 Å². The molecule has 7 heteroatoms. The van der Waals surface area contributed by atoms with Crippen molar-refractivity contribution in [1.82, 2.24) is 10.2 Å². The number of hydrogen-bond donors (Lipinski definition) is 2. The number of carbonyl (C=O) groups is 2. The van der Waals surface area contributed by atoms with Gasteiger partial charge in [-0.15, -0.1) is 0 Å². The molecule has 0 aliphatic carbocycles. The number of urea groups is 1. The van der Waals surface area contributed by atoms with Gasteiger partial charge in [-0.3, -0.25) is 4.79 Å². The third kappa shape index (κ3) is 4.78. The number of anilines is 1. The number of ether oxygens (including phenoxy) is 2. The highest BCUT2D eigenvalue weighted by Crippen LogP contribution is 2.33. The van der Waals surface area contributed by atoms with Crippen LogP contribution in [-0.4, -0.2) is 43.6 Å². The van der Waals surface area contributed by atoms with E-state index >= 15 is 0 Å². The minimum Gasteiger partial charge on any atom is -0.493 e. The van der Waals surface area contributed by atoms with E-state index in [0.717, 1.165) is 27.6 Å². The van der Waals surface area contributed by atoms with Crippen LogP contribution in [0.15, 0.2) is 54.6 Å². The topological polar surface area (TPSA) is 79.9 Å². The van der Waals surface area contributed by atoms with E-state index in [-0.39, 0.29) is 17.9 Å². The first-order valence-corrected chi connectivity index (χ1v) is 11.5. The molecule has 0 aromatic heterocycles. The van der Waals surface area contributed by atoms with Crippen molar-refractivity contribution in [3.8, 4) is 11.5 Å². The summed E-state index contributed by atoms with van der Waals surface area (Å²) in [5, 5.41) is 7.98. The van der Waals surface area contributed by atoms with Gasteiger partial charge in [-0.05, 0) is 47.1 Å². The monoisotopic (exact) mass is 461 g/mol. The average molecular weight is 462 g/mol. The number of amides is 3. The zero-order valence-corrected chi connectivity index (χ0v) is 20.1. The first kappa shape index (κ1) is 23.4. The minimum absolute atomic E-state index is 0.0830. The van der Waals surface area contributed by atoms with Gasteiger partial charge in [0.15, 0.2) is 11.5 Å². The van der Waals surface area contributed by atoms with Crippen LogP contribution in [0.5, 0.6) is 11.5 Å². The van der Waals surface area contributed by atoms with Crippen molar-refractivity contribution in [3.63, 3.8) is 0 Å². The van der Waals surface area contributed by atoms with Crippen LogP contribution in [0.3, 0.4) is 0 Å². The molecule has 0 fully saturated rings. The van der Waals surface area contributed by atoms with Gasteiger partial charge in [-0.25, -0.2) is 4.79 Å². The summed E-state index contributed by atoms with van der Waals surface area (Å²) in [6.07, 6.45) is 0.706. The number of carbonyl (C=O) groups excluding carboxylic acids is 2. The third-order valence-electron chi connectivity index (χ3n) is 6.28. The molecule has 3 amide bonds. The highest BCUT2D eigenvalue weighted by molar-refractivity contribution is 6.04. The summed E-state index contributed by atoms with van der Waals surface area (Å²) in [4.78, 5) is 28.1. The third-order valence-corrected chi connectivity index (χ3v) is 6.28. The lowest BCUT2D eigenvalue weighted by molar-refractivity contribution is -0.118. The Labute approximate surface area is 200 Å². The Bertz CT molecular complexity index is 1200. The van der Waals surface area contributed by atoms with E-state index in [1.807, 2.05) is 68.4 Å². The van der Waals surface area contributed by atoms with Gasteiger partial charge in [0.25, 0.3) is 0 Å². The van der Waals surface area contributed by atoms with Gasteiger partial charge in [-0.1, -0.05) is 50.2 Å². The predicted molar refractivity (Wildman–Crippen MR) is 133 cm³/mol. The molecule has 1 atom stereocenters. The second kappa shape index (κ2) is 10.0. The molecule has 0 saturated carbocycles. The van der Waals surface area contributed by atoms with E-state index in [4.69, 9.17) is 9.47 Å². The molecule has 0 unspecified atom stereocenters. The molecule has 0 saturated heterocycles. The summed E-state index contributed by atoms with van der Waals surface area (Å²) in [5.74, 6) is 1.01. The first-order chi connectivity index (χ1) is 16.4. The fraction of sp³-hybridized carbons (Fsp3) is 0.333. The molecular formula is C27H31N3O4. The summed E-state index contributed by atoms with van der Waals surface area (Å²) in [7, 11) is 3.21. The van der Waals surface area contributed by atoms with Gasteiger partial charge in [-0.2, -0.15) is 0 Å². The summed E-state index contributed by atoms with van der Waals surface area (Å²) < 4.78 is 10.8. The van der Waals surface area contributed by atoms with Gasteiger partial charge >= 0.3 is 6.03 Å². The largest absolute Gasteiger partial charge is 0.493 e. The predicted octanol–water partition coefficient (Wildman–Crippen LogP) is 4.59. The van der Waals surface area contributed by atoms with Gasteiger partial charge in [0.2, 0.25) is 5.91 Å². The van der Waals surface area contributed by atoms with Crippen molar-refractivity contribution in [2.24, 2.45) is 5.92 Å². The number of rotatable bonds is 6. The normalized spacial score (nSPS) is 13.9. The number of hydrogen-bond acceptors (Lipinski definition) is 4. The van der Waals surface area contributed by atoms with Crippen LogP contribution in [0.25, 0.3) is 10.8 Å². The Morgan fingerprint density at radius 3 is 2.32 bits per heavy atom. The van der Waals surface area contributed by atoms with E-state index in [9.17, 15) is 9.59 Å². The molecule has 0 spiro atoms. The minimum atomic E-state index is -0.668. The van der Waals surface area contributed by atoms with Crippen LogP contribution in [0.1, 0.15) is 25.0 Å². The highest BCUT2D eigenvalue weighted by atomic mass is 16.5. The van der Waals surface area contributed by atoms with Gasteiger partial charge < -0.3 is 25.0 Å². The Morgan fingerprint density at radius 2 is 1.62 bits per heavy atom. The maximum Gasteiger partial charge on any atom is 0.318 e. The van der Waals surface area contributed by atoms with Crippen molar-refractivity contribution in [2.75, 3.05) is 26.1 Å². The van der Waals surface area contributed by atoms with Crippen molar-refractivity contribution in [2.45, 2.75) is 32.9 Å². The smallest absolute Gasteiger partial charge is 0.318 e. The summed E-state index contributed by atoms with van der Waals surface area (Å²) >= 11 is 0. The number of fused-ring (bicyclic) bond motifs is 2.